The van der Waals surface area contributed by atoms with Gasteiger partial charge < -0.3 is 14.9 Å². The number of hydrogen-bond acceptors (Lipinski definition) is 6. The maximum absolute atomic E-state index is 14.1. The number of carboxylic acids is 1. The van der Waals surface area contributed by atoms with Gasteiger partial charge >= 0.3 is 12.1 Å². The number of thioether (sulfide) groups is 1. The fourth-order valence-corrected chi connectivity index (χ4v) is 5.97. The maximum Gasteiger partial charge on any atom is 0.434 e. The van der Waals surface area contributed by atoms with E-state index in [1.165, 1.54) is 34.1 Å². The topological polar surface area (TPSA) is 108 Å². The molecule has 39 heavy (non-hydrogen) atoms. The lowest BCUT2D eigenvalue weighted by Gasteiger charge is -2.46. The van der Waals surface area contributed by atoms with Crippen molar-refractivity contribution < 1.29 is 32.7 Å². The van der Waals surface area contributed by atoms with E-state index in [4.69, 9.17) is 11.6 Å². The summed E-state index contributed by atoms with van der Waals surface area (Å²) in [5.74, 6) is -1.57. The molecule has 1 spiro atoms. The van der Waals surface area contributed by atoms with Gasteiger partial charge in [0.25, 0.3) is 5.91 Å². The molecule has 2 aromatic rings. The van der Waals surface area contributed by atoms with Crippen LogP contribution in [0, 0.1) is 0 Å². The molecule has 2 saturated heterocycles. The van der Waals surface area contributed by atoms with Crippen molar-refractivity contribution in [2.45, 2.75) is 56.5 Å². The number of benzene rings is 1. The lowest BCUT2D eigenvalue weighted by molar-refractivity contribution is -0.154. The van der Waals surface area contributed by atoms with Crippen LogP contribution in [0.3, 0.4) is 0 Å². The Labute approximate surface area is 232 Å². The Bertz CT molecular complexity index is 1230. The summed E-state index contributed by atoms with van der Waals surface area (Å²) < 4.78 is 43.1. The lowest BCUT2D eigenvalue weighted by Crippen LogP contribution is -2.63. The van der Waals surface area contributed by atoms with Crippen LogP contribution in [0.1, 0.15) is 48.7 Å². The van der Waals surface area contributed by atoms with Crippen LogP contribution < -0.4 is 5.32 Å². The highest BCUT2D eigenvalue weighted by Crippen LogP contribution is 2.38. The summed E-state index contributed by atoms with van der Waals surface area (Å²) >= 11 is 7.43. The quantitative estimate of drug-likeness (QED) is 0.482. The molecule has 2 aliphatic heterocycles. The van der Waals surface area contributed by atoms with Gasteiger partial charge in [0.05, 0.1) is 29.2 Å². The van der Waals surface area contributed by atoms with Crippen molar-refractivity contribution in [1.82, 2.24) is 24.9 Å². The number of piperidine rings is 1. The van der Waals surface area contributed by atoms with E-state index >= 15 is 0 Å². The molecule has 212 valence electrons. The zero-order chi connectivity index (χ0) is 28.5. The van der Waals surface area contributed by atoms with Gasteiger partial charge in [0.15, 0.2) is 5.69 Å². The molecule has 0 bridgehead atoms. The summed E-state index contributed by atoms with van der Waals surface area (Å²) in [6.45, 7) is 1.75. The fourth-order valence-electron chi connectivity index (χ4n) is 5.38. The number of likely N-dealkylation sites (tertiary alicyclic amines) is 1. The zero-order valence-electron chi connectivity index (χ0n) is 21.4. The summed E-state index contributed by atoms with van der Waals surface area (Å²) in [6, 6.07) is 3.99. The Morgan fingerprint density at radius 2 is 1.90 bits per heavy atom. The summed E-state index contributed by atoms with van der Waals surface area (Å²) in [5.41, 5.74) is -2.69. The summed E-state index contributed by atoms with van der Waals surface area (Å²) in [6.07, 6.45) is -0.990. The first-order chi connectivity index (χ1) is 18.4. The van der Waals surface area contributed by atoms with E-state index in [1.807, 2.05) is 6.26 Å². The SMILES string of the molecule is CCC(C(=O)O)N1C(=O)C(CCSC)NC12CCN(C(=O)c1cnn(-c3ccc(Cl)cc3)c1C(F)(F)F)CC2. The van der Waals surface area contributed by atoms with Crippen molar-refractivity contribution in [2.24, 2.45) is 0 Å². The first-order valence-electron chi connectivity index (χ1n) is 12.5. The van der Waals surface area contributed by atoms with Crippen molar-refractivity contribution in [3.8, 4) is 5.69 Å². The summed E-state index contributed by atoms with van der Waals surface area (Å²) in [5, 5.41) is 17.4. The molecule has 2 N–H and O–H groups in total. The van der Waals surface area contributed by atoms with Crippen LogP contribution >= 0.6 is 23.4 Å². The number of carbonyl (C=O) groups is 3. The molecule has 1 aromatic heterocycles. The maximum atomic E-state index is 14.1. The molecular weight excluding hydrogens is 559 g/mol. The molecule has 4 rings (SSSR count). The van der Waals surface area contributed by atoms with Gasteiger partial charge in [-0.15, -0.1) is 0 Å². The average Bonchev–Trinajstić information content (AvgIpc) is 3.45. The second kappa shape index (κ2) is 11.4. The molecule has 0 radical (unpaired) electrons. The number of halogens is 4. The van der Waals surface area contributed by atoms with E-state index < -0.39 is 47.1 Å². The van der Waals surface area contributed by atoms with Gasteiger partial charge in [-0.1, -0.05) is 18.5 Å². The van der Waals surface area contributed by atoms with E-state index in [-0.39, 0.29) is 43.9 Å². The number of rotatable bonds is 8. The number of carboxylic acid groups (broad SMARTS) is 1. The minimum absolute atomic E-state index is 0.0321. The summed E-state index contributed by atoms with van der Waals surface area (Å²) in [4.78, 5) is 41.4. The van der Waals surface area contributed by atoms with Crippen LogP contribution in [-0.2, 0) is 15.8 Å². The minimum Gasteiger partial charge on any atom is -0.480 e. The highest BCUT2D eigenvalue weighted by molar-refractivity contribution is 7.98. The molecule has 2 aliphatic rings. The Morgan fingerprint density at radius 1 is 1.26 bits per heavy atom. The van der Waals surface area contributed by atoms with Crippen LogP contribution in [0.25, 0.3) is 5.69 Å². The third-order valence-electron chi connectivity index (χ3n) is 7.25. The number of alkyl halides is 3. The van der Waals surface area contributed by atoms with Gasteiger partial charge in [-0.3, -0.25) is 14.9 Å². The standard InChI is InChI=1S/C25H29ClF3N5O4S/c1-3-19(23(37)38)33-22(36)18(8-13-39-2)31-24(33)9-11-32(12-10-24)21(35)17-14-30-34(20(17)25(27,28)29)16-6-4-15(26)5-7-16/h4-7,14,18-19,31H,3,8-13H2,1-2H3,(H,37,38). The van der Waals surface area contributed by atoms with Crippen LogP contribution in [0.5, 0.6) is 0 Å². The van der Waals surface area contributed by atoms with Crippen LogP contribution in [0.4, 0.5) is 13.2 Å². The predicted octanol–water partition coefficient (Wildman–Crippen LogP) is 3.89. The molecule has 2 unspecified atom stereocenters. The Morgan fingerprint density at radius 3 is 2.44 bits per heavy atom. The van der Waals surface area contributed by atoms with Crippen LogP contribution in [-0.4, -0.2) is 85.3 Å². The van der Waals surface area contributed by atoms with Crippen molar-refractivity contribution in [2.75, 3.05) is 25.1 Å². The van der Waals surface area contributed by atoms with E-state index in [9.17, 15) is 32.7 Å². The Balaban J connectivity index is 1.60. The highest BCUT2D eigenvalue weighted by Gasteiger charge is 2.55. The monoisotopic (exact) mass is 587 g/mol. The van der Waals surface area contributed by atoms with E-state index in [2.05, 4.69) is 10.4 Å². The molecule has 2 fully saturated rings. The second-order valence-electron chi connectivity index (χ2n) is 9.57. The van der Waals surface area contributed by atoms with Crippen LogP contribution in [0.2, 0.25) is 5.02 Å². The molecule has 3 heterocycles. The van der Waals surface area contributed by atoms with Crippen molar-refractivity contribution in [1.29, 1.82) is 0 Å². The molecule has 2 amide bonds. The molecular formula is C25H29ClF3N5O4S. The number of nitrogens with one attached hydrogen (secondary N) is 1. The number of aliphatic carboxylic acids is 1. The minimum atomic E-state index is -4.87. The van der Waals surface area contributed by atoms with Gasteiger partial charge in [0, 0.05) is 31.0 Å². The normalized spacial score (nSPS) is 20.1. The number of carbonyl (C=O) groups excluding carboxylic acids is 2. The average molecular weight is 588 g/mol. The first-order valence-corrected chi connectivity index (χ1v) is 14.2. The van der Waals surface area contributed by atoms with Crippen molar-refractivity contribution in [3.63, 3.8) is 0 Å². The van der Waals surface area contributed by atoms with Gasteiger partial charge in [-0.05, 0) is 49.1 Å². The predicted molar refractivity (Wildman–Crippen MR) is 140 cm³/mol. The Hall–Kier alpha value is -2.77. The number of aromatic nitrogens is 2. The second-order valence-corrected chi connectivity index (χ2v) is 11.0. The zero-order valence-corrected chi connectivity index (χ0v) is 22.9. The molecule has 14 heteroatoms. The van der Waals surface area contributed by atoms with Gasteiger partial charge in [-0.25, -0.2) is 9.48 Å². The lowest BCUT2D eigenvalue weighted by atomic mass is 9.93. The van der Waals surface area contributed by atoms with Gasteiger partial charge in [0.2, 0.25) is 5.91 Å². The first kappa shape index (κ1) is 29.2. The van der Waals surface area contributed by atoms with E-state index in [0.717, 1.165) is 6.20 Å². The van der Waals surface area contributed by atoms with Crippen LogP contribution in [0.15, 0.2) is 30.5 Å². The van der Waals surface area contributed by atoms with E-state index in [0.29, 0.717) is 21.9 Å². The highest BCUT2D eigenvalue weighted by atomic mass is 35.5. The smallest absolute Gasteiger partial charge is 0.434 e. The molecule has 1 aromatic carbocycles. The van der Waals surface area contributed by atoms with Gasteiger partial charge in [-0.2, -0.15) is 30.0 Å². The largest absolute Gasteiger partial charge is 0.480 e. The third-order valence-corrected chi connectivity index (χ3v) is 8.15. The van der Waals surface area contributed by atoms with E-state index in [1.54, 1.807) is 18.7 Å². The number of hydrogen-bond donors (Lipinski definition) is 2. The fraction of sp³-hybridized carbons (Fsp3) is 0.520. The third kappa shape index (κ3) is 5.62. The van der Waals surface area contributed by atoms with Crippen molar-refractivity contribution in [3.05, 3.63) is 46.7 Å². The molecule has 2 atom stereocenters. The Kier molecular flexibility index (Phi) is 8.52. The molecule has 9 nitrogen and oxygen atoms in total. The summed E-state index contributed by atoms with van der Waals surface area (Å²) in [7, 11) is 0. The number of nitrogens with zero attached hydrogens (tertiary/aromatic N) is 4. The van der Waals surface area contributed by atoms with Crippen molar-refractivity contribution >= 4 is 41.1 Å². The molecule has 0 saturated carbocycles. The van der Waals surface area contributed by atoms with Gasteiger partial charge in [0.1, 0.15) is 6.04 Å². The number of amides is 2. The molecule has 0 aliphatic carbocycles.